The number of alkyl halides is 3. The van der Waals surface area contributed by atoms with Gasteiger partial charge in [-0.1, -0.05) is 0 Å². The summed E-state index contributed by atoms with van der Waals surface area (Å²) >= 11 is 0. The van der Waals surface area contributed by atoms with E-state index in [4.69, 9.17) is 0 Å². The molecule has 0 spiro atoms. The topological polar surface area (TPSA) is 71.8 Å². The summed E-state index contributed by atoms with van der Waals surface area (Å²) in [5.74, 6) is -0.521. The molecule has 0 atom stereocenters. The maximum Gasteiger partial charge on any atom is 0.416 e. The van der Waals surface area contributed by atoms with Gasteiger partial charge < -0.3 is 10.6 Å². The minimum Gasteiger partial charge on any atom is -0.378 e. The van der Waals surface area contributed by atoms with E-state index in [1.807, 2.05) is 12.1 Å². The fourth-order valence-electron chi connectivity index (χ4n) is 2.42. The van der Waals surface area contributed by atoms with E-state index >= 15 is 0 Å². The zero-order chi connectivity index (χ0) is 19.4. The maximum absolute atomic E-state index is 12.6. The molecule has 140 valence electrons. The summed E-state index contributed by atoms with van der Waals surface area (Å²) in [5, 5.41) is 9.81. The average molecular weight is 375 g/mol. The van der Waals surface area contributed by atoms with E-state index in [9.17, 15) is 18.0 Å². The third-order valence-electron chi connectivity index (χ3n) is 3.75. The second-order valence-corrected chi connectivity index (χ2v) is 5.80. The number of carbonyl (C=O) groups is 1. The number of hydrogen-bond donors (Lipinski definition) is 2. The maximum atomic E-state index is 12.6. The molecule has 6 nitrogen and oxygen atoms in total. The smallest absolute Gasteiger partial charge is 0.378 e. The number of aromatic nitrogens is 3. The van der Waals surface area contributed by atoms with Gasteiger partial charge in [0.1, 0.15) is 0 Å². The number of hydrogen-bond acceptors (Lipinski definition) is 4. The van der Waals surface area contributed by atoms with E-state index in [0.717, 1.165) is 17.7 Å². The Labute approximate surface area is 153 Å². The molecule has 0 aliphatic heterocycles. The second-order valence-electron chi connectivity index (χ2n) is 5.80. The molecule has 0 unspecified atom stereocenters. The number of carbonyl (C=O) groups excluding carboxylic acids is 1. The van der Waals surface area contributed by atoms with Crippen molar-refractivity contribution in [1.29, 1.82) is 0 Å². The van der Waals surface area contributed by atoms with Gasteiger partial charge in [0.2, 0.25) is 0 Å². The van der Waals surface area contributed by atoms with Crippen LogP contribution >= 0.6 is 0 Å². The number of anilines is 2. The molecule has 3 aromatic rings. The molecule has 3 rings (SSSR count). The van der Waals surface area contributed by atoms with Crippen LogP contribution in [0.4, 0.5) is 24.5 Å². The highest BCUT2D eigenvalue weighted by molar-refractivity contribution is 6.06. The highest BCUT2D eigenvalue weighted by atomic mass is 19.4. The Balaban J connectivity index is 1.71. The number of amides is 1. The average Bonchev–Trinajstić information content (AvgIpc) is 3.01. The summed E-state index contributed by atoms with van der Waals surface area (Å²) in [6.45, 7) is 0.467. The molecule has 2 N–H and O–H groups in total. The predicted molar refractivity (Wildman–Crippen MR) is 94.2 cm³/mol. The van der Waals surface area contributed by atoms with Crippen LogP contribution in [0.5, 0.6) is 0 Å². The molecule has 0 aliphatic rings. The molecule has 9 heteroatoms. The van der Waals surface area contributed by atoms with Crippen LogP contribution in [0, 0.1) is 0 Å². The molecule has 0 saturated carbocycles. The summed E-state index contributed by atoms with van der Waals surface area (Å²) in [7, 11) is 1.67. The van der Waals surface area contributed by atoms with Crippen molar-refractivity contribution in [1.82, 2.24) is 14.8 Å². The first-order chi connectivity index (χ1) is 12.8. The highest BCUT2D eigenvalue weighted by Gasteiger charge is 2.30. The number of nitrogens with zero attached hydrogens (tertiary/aromatic N) is 3. The van der Waals surface area contributed by atoms with E-state index in [2.05, 4.69) is 20.7 Å². The van der Waals surface area contributed by atoms with E-state index in [1.165, 1.54) is 16.8 Å². The summed E-state index contributed by atoms with van der Waals surface area (Å²) in [6, 6.07) is 7.91. The second kappa shape index (κ2) is 7.48. The molecule has 1 amide bonds. The number of rotatable bonds is 5. The fraction of sp³-hybridized carbons (Fsp3) is 0.167. The molecule has 0 saturated heterocycles. The Kier molecular flexibility index (Phi) is 5.11. The van der Waals surface area contributed by atoms with Gasteiger partial charge in [-0.25, -0.2) is 0 Å². The third kappa shape index (κ3) is 4.63. The zero-order valence-corrected chi connectivity index (χ0v) is 14.3. The molecule has 27 heavy (non-hydrogen) atoms. The van der Waals surface area contributed by atoms with Gasteiger partial charge in [0.05, 0.1) is 11.3 Å². The van der Waals surface area contributed by atoms with Crippen molar-refractivity contribution in [2.24, 2.45) is 7.05 Å². The predicted octanol–water partition coefficient (Wildman–Crippen LogP) is 3.70. The Morgan fingerprint density at radius 1 is 1.11 bits per heavy atom. The normalized spacial score (nSPS) is 11.3. The molecule has 0 radical (unpaired) electrons. The number of halogens is 3. The lowest BCUT2D eigenvalue weighted by Gasteiger charge is -2.09. The molecule has 0 fully saturated rings. The molecule has 0 aliphatic carbocycles. The summed E-state index contributed by atoms with van der Waals surface area (Å²) in [6.07, 6.45) is 0.563. The molecular weight excluding hydrogens is 359 g/mol. The first-order valence-corrected chi connectivity index (χ1v) is 7.98. The Morgan fingerprint density at radius 2 is 1.78 bits per heavy atom. The first-order valence-electron chi connectivity index (χ1n) is 7.98. The van der Waals surface area contributed by atoms with Crippen LogP contribution in [0.1, 0.15) is 21.6 Å². The Morgan fingerprint density at radius 3 is 2.41 bits per heavy atom. The van der Waals surface area contributed by atoms with Crippen LogP contribution in [0.15, 0.2) is 55.0 Å². The lowest BCUT2D eigenvalue weighted by Crippen LogP contribution is -2.15. The largest absolute Gasteiger partial charge is 0.416 e. The van der Waals surface area contributed by atoms with Gasteiger partial charge in [0.15, 0.2) is 5.69 Å². The lowest BCUT2D eigenvalue weighted by molar-refractivity contribution is -0.137. The van der Waals surface area contributed by atoms with Crippen LogP contribution in [-0.2, 0) is 19.8 Å². The van der Waals surface area contributed by atoms with Crippen molar-refractivity contribution < 1.29 is 18.0 Å². The van der Waals surface area contributed by atoms with Gasteiger partial charge in [-0.2, -0.15) is 18.3 Å². The number of aryl methyl sites for hydroxylation is 1. The number of pyridine rings is 1. The van der Waals surface area contributed by atoms with Gasteiger partial charge >= 0.3 is 6.18 Å². The number of nitrogens with one attached hydrogen (secondary N) is 2. The molecular formula is C18H16F3N5O. The van der Waals surface area contributed by atoms with Gasteiger partial charge in [-0.15, -0.1) is 0 Å². The van der Waals surface area contributed by atoms with Crippen molar-refractivity contribution in [2.45, 2.75) is 12.7 Å². The molecule has 0 bridgehead atoms. The third-order valence-corrected chi connectivity index (χ3v) is 3.75. The van der Waals surface area contributed by atoms with Crippen molar-refractivity contribution in [3.05, 3.63) is 71.8 Å². The van der Waals surface area contributed by atoms with E-state index < -0.39 is 17.6 Å². The van der Waals surface area contributed by atoms with Gasteiger partial charge in [-0.3, -0.25) is 14.5 Å². The van der Waals surface area contributed by atoms with Gasteiger partial charge in [0.25, 0.3) is 5.91 Å². The van der Waals surface area contributed by atoms with Crippen LogP contribution in [-0.4, -0.2) is 20.7 Å². The van der Waals surface area contributed by atoms with Crippen molar-refractivity contribution in [3.63, 3.8) is 0 Å². The molecule has 1 aromatic carbocycles. The standard InChI is InChI=1S/C18H16F3N5O/c1-26-11-15(23-10-12-6-8-22-9-7-12)16(25-26)17(27)24-14-4-2-13(3-5-14)18(19,20)21/h2-9,11,23H,10H2,1H3,(H,24,27). The summed E-state index contributed by atoms with van der Waals surface area (Å²) < 4.78 is 39.3. The van der Waals surface area contributed by atoms with Crippen molar-refractivity contribution in [3.8, 4) is 0 Å². The van der Waals surface area contributed by atoms with E-state index in [-0.39, 0.29) is 11.4 Å². The minimum atomic E-state index is -4.42. The van der Waals surface area contributed by atoms with E-state index in [1.54, 1.807) is 25.6 Å². The van der Waals surface area contributed by atoms with Crippen molar-refractivity contribution >= 4 is 17.3 Å². The van der Waals surface area contributed by atoms with Gasteiger partial charge in [-0.05, 0) is 42.0 Å². The summed E-state index contributed by atoms with van der Waals surface area (Å²) in [4.78, 5) is 16.4. The quantitative estimate of drug-likeness (QED) is 0.713. The molecule has 2 aromatic heterocycles. The highest BCUT2D eigenvalue weighted by Crippen LogP contribution is 2.30. The monoisotopic (exact) mass is 375 g/mol. The van der Waals surface area contributed by atoms with Crippen LogP contribution < -0.4 is 10.6 Å². The zero-order valence-electron chi connectivity index (χ0n) is 14.3. The SMILES string of the molecule is Cn1cc(NCc2ccncc2)c(C(=O)Nc2ccc(C(F)(F)F)cc2)n1. The molecule has 2 heterocycles. The van der Waals surface area contributed by atoms with Gasteiger partial charge in [0, 0.05) is 37.9 Å². The first kappa shape index (κ1) is 18.4. The lowest BCUT2D eigenvalue weighted by atomic mass is 10.2. The number of benzene rings is 1. The van der Waals surface area contributed by atoms with E-state index in [0.29, 0.717) is 12.2 Å². The van der Waals surface area contributed by atoms with Crippen LogP contribution in [0.3, 0.4) is 0 Å². The Bertz CT molecular complexity index is 920. The van der Waals surface area contributed by atoms with Crippen LogP contribution in [0.25, 0.3) is 0 Å². The minimum absolute atomic E-state index is 0.145. The summed E-state index contributed by atoms with van der Waals surface area (Å²) in [5.41, 5.74) is 1.10. The fourth-order valence-corrected chi connectivity index (χ4v) is 2.42. The van der Waals surface area contributed by atoms with Crippen molar-refractivity contribution in [2.75, 3.05) is 10.6 Å². The Hall–Kier alpha value is -3.36. The van der Waals surface area contributed by atoms with Crippen LogP contribution in [0.2, 0.25) is 0 Å².